The number of halogens is 2. The molecule has 0 fully saturated rings. The van der Waals surface area contributed by atoms with Crippen LogP contribution in [0.1, 0.15) is 27.8 Å². The average molecular weight is 330 g/mol. The van der Waals surface area contributed by atoms with Crippen molar-refractivity contribution < 1.29 is 18.4 Å². The zero-order chi connectivity index (χ0) is 17.3. The van der Waals surface area contributed by atoms with E-state index in [2.05, 4.69) is 20.5 Å². The summed E-state index contributed by atoms with van der Waals surface area (Å²) in [6.45, 7) is 1.38. The zero-order valence-electron chi connectivity index (χ0n) is 12.5. The number of amides is 1. The first-order valence-electron chi connectivity index (χ1n) is 6.96. The number of aromatic nitrogens is 3. The summed E-state index contributed by atoms with van der Waals surface area (Å²) in [7, 11) is 0. The summed E-state index contributed by atoms with van der Waals surface area (Å²) in [6.07, 6.45) is 1.42. The van der Waals surface area contributed by atoms with Gasteiger partial charge in [-0.2, -0.15) is 5.10 Å². The van der Waals surface area contributed by atoms with Gasteiger partial charge in [-0.05, 0) is 25.1 Å². The highest BCUT2D eigenvalue weighted by molar-refractivity contribution is 6.05. The number of Topliss-reactive ketones (excluding diaryl/α,β-unsaturated/α-hetero) is 1. The summed E-state index contributed by atoms with van der Waals surface area (Å²) >= 11 is 0. The minimum absolute atomic E-state index is 0.0941. The number of rotatable bonds is 4. The summed E-state index contributed by atoms with van der Waals surface area (Å²) in [4.78, 5) is 26.0. The van der Waals surface area contributed by atoms with Crippen molar-refractivity contribution in [3.05, 3.63) is 59.4 Å². The van der Waals surface area contributed by atoms with Crippen LogP contribution in [0.2, 0.25) is 0 Å². The monoisotopic (exact) mass is 330 g/mol. The second kappa shape index (κ2) is 6.07. The molecule has 0 aliphatic carbocycles. The van der Waals surface area contributed by atoms with Crippen molar-refractivity contribution in [2.45, 2.75) is 6.92 Å². The van der Waals surface area contributed by atoms with Gasteiger partial charge < -0.3 is 10.3 Å². The summed E-state index contributed by atoms with van der Waals surface area (Å²) in [5, 5.41) is 8.76. The predicted octanol–water partition coefficient (Wildman–Crippen LogP) is 3.14. The van der Waals surface area contributed by atoms with Crippen LogP contribution in [0.15, 0.2) is 36.5 Å². The molecule has 2 heterocycles. The van der Waals surface area contributed by atoms with Gasteiger partial charge >= 0.3 is 0 Å². The lowest BCUT2D eigenvalue weighted by Gasteiger charge is -2.01. The van der Waals surface area contributed by atoms with Crippen LogP contribution in [0.5, 0.6) is 0 Å². The SMILES string of the molecule is CC(=O)c1c[nH]c(C(=O)Nc2cc(-c3c(F)cccc3F)[nH]n2)c1. The number of carbonyl (C=O) groups excluding carboxylic acids is 2. The topological polar surface area (TPSA) is 90.6 Å². The van der Waals surface area contributed by atoms with Gasteiger partial charge in [0.2, 0.25) is 0 Å². The molecule has 2 aromatic heterocycles. The van der Waals surface area contributed by atoms with Crippen LogP contribution in [0.4, 0.5) is 14.6 Å². The molecule has 0 atom stereocenters. The fourth-order valence-corrected chi connectivity index (χ4v) is 2.18. The molecule has 0 saturated heterocycles. The molecule has 6 nitrogen and oxygen atoms in total. The highest BCUT2D eigenvalue weighted by Gasteiger charge is 2.16. The van der Waals surface area contributed by atoms with Gasteiger partial charge in [-0.15, -0.1) is 0 Å². The average Bonchev–Trinajstić information content (AvgIpc) is 3.16. The molecule has 3 aromatic rings. The first-order valence-corrected chi connectivity index (χ1v) is 6.96. The van der Waals surface area contributed by atoms with Crippen LogP contribution in [0.3, 0.4) is 0 Å². The van der Waals surface area contributed by atoms with Gasteiger partial charge in [0, 0.05) is 17.8 Å². The summed E-state index contributed by atoms with van der Waals surface area (Å²) in [5.74, 6) is -2.10. The molecule has 3 N–H and O–H groups in total. The van der Waals surface area contributed by atoms with Crippen LogP contribution < -0.4 is 5.32 Å². The molecular weight excluding hydrogens is 318 g/mol. The second-order valence-electron chi connectivity index (χ2n) is 5.08. The zero-order valence-corrected chi connectivity index (χ0v) is 12.5. The second-order valence-corrected chi connectivity index (χ2v) is 5.08. The van der Waals surface area contributed by atoms with Crippen LogP contribution in [0, 0.1) is 11.6 Å². The fraction of sp³-hybridized carbons (Fsp3) is 0.0625. The molecule has 8 heteroatoms. The number of benzene rings is 1. The largest absolute Gasteiger partial charge is 0.356 e. The van der Waals surface area contributed by atoms with Crippen LogP contribution in [0.25, 0.3) is 11.3 Å². The van der Waals surface area contributed by atoms with Gasteiger partial charge in [-0.3, -0.25) is 14.7 Å². The first kappa shape index (κ1) is 15.6. The molecule has 0 saturated carbocycles. The molecule has 0 bridgehead atoms. The number of H-pyrrole nitrogens is 2. The van der Waals surface area contributed by atoms with Crippen molar-refractivity contribution in [3.63, 3.8) is 0 Å². The number of nitrogens with one attached hydrogen (secondary N) is 3. The normalized spacial score (nSPS) is 10.6. The van der Waals surface area contributed by atoms with E-state index in [4.69, 9.17) is 0 Å². The van der Waals surface area contributed by atoms with Crippen molar-refractivity contribution in [1.29, 1.82) is 0 Å². The molecular formula is C16H12F2N4O2. The lowest BCUT2D eigenvalue weighted by atomic mass is 10.1. The van der Waals surface area contributed by atoms with Crippen molar-refractivity contribution >= 4 is 17.5 Å². The Hall–Kier alpha value is -3.29. The smallest absolute Gasteiger partial charge is 0.273 e. The van der Waals surface area contributed by atoms with E-state index in [0.717, 1.165) is 12.1 Å². The number of hydrogen-bond donors (Lipinski definition) is 3. The van der Waals surface area contributed by atoms with E-state index in [1.807, 2.05) is 0 Å². The molecule has 0 unspecified atom stereocenters. The Bertz CT molecular complexity index is 910. The minimum atomic E-state index is -0.744. The van der Waals surface area contributed by atoms with Crippen LogP contribution in [-0.2, 0) is 0 Å². The van der Waals surface area contributed by atoms with E-state index < -0.39 is 17.5 Å². The number of anilines is 1. The first-order chi connectivity index (χ1) is 11.5. The lowest BCUT2D eigenvalue weighted by Crippen LogP contribution is -2.12. The van der Waals surface area contributed by atoms with Crippen molar-refractivity contribution in [3.8, 4) is 11.3 Å². The van der Waals surface area contributed by atoms with E-state index in [0.29, 0.717) is 5.56 Å². The van der Waals surface area contributed by atoms with E-state index >= 15 is 0 Å². The maximum absolute atomic E-state index is 13.7. The van der Waals surface area contributed by atoms with Crippen molar-refractivity contribution in [1.82, 2.24) is 15.2 Å². The van der Waals surface area contributed by atoms with E-state index in [1.54, 1.807) is 0 Å². The third kappa shape index (κ3) is 2.94. The molecule has 1 aromatic carbocycles. The Kier molecular flexibility index (Phi) is 3.95. The summed E-state index contributed by atoms with van der Waals surface area (Å²) in [6, 6.07) is 6.22. The summed E-state index contributed by atoms with van der Waals surface area (Å²) < 4.78 is 27.5. The number of aromatic amines is 2. The molecule has 0 aliphatic rings. The molecule has 3 rings (SSSR count). The third-order valence-corrected chi connectivity index (χ3v) is 3.39. The van der Waals surface area contributed by atoms with Gasteiger partial charge in [0.15, 0.2) is 11.6 Å². The van der Waals surface area contributed by atoms with Crippen molar-refractivity contribution in [2.24, 2.45) is 0 Å². The highest BCUT2D eigenvalue weighted by atomic mass is 19.1. The van der Waals surface area contributed by atoms with Gasteiger partial charge in [-0.1, -0.05) is 6.07 Å². The number of nitrogens with zero attached hydrogens (tertiary/aromatic N) is 1. The number of ketones is 1. The Morgan fingerprint density at radius 2 is 1.88 bits per heavy atom. The summed E-state index contributed by atoms with van der Waals surface area (Å²) in [5.41, 5.74) is 0.374. The minimum Gasteiger partial charge on any atom is -0.356 e. The molecule has 122 valence electrons. The number of hydrogen-bond acceptors (Lipinski definition) is 3. The third-order valence-electron chi connectivity index (χ3n) is 3.39. The standard InChI is InChI=1S/C16H12F2N4O2/c1-8(23)9-5-13(19-7-9)16(24)20-14-6-12(21-22-14)15-10(17)3-2-4-11(15)18/h2-7,19H,1H3,(H2,20,21,22,24). The Morgan fingerprint density at radius 3 is 2.50 bits per heavy atom. The fourth-order valence-electron chi connectivity index (χ4n) is 2.18. The molecule has 24 heavy (non-hydrogen) atoms. The van der Waals surface area contributed by atoms with E-state index in [9.17, 15) is 18.4 Å². The number of carbonyl (C=O) groups is 2. The molecule has 0 spiro atoms. The lowest BCUT2D eigenvalue weighted by molar-refractivity contribution is 0.101. The van der Waals surface area contributed by atoms with Gasteiger partial charge in [-0.25, -0.2) is 8.78 Å². The van der Waals surface area contributed by atoms with E-state index in [1.165, 1.54) is 31.3 Å². The predicted molar refractivity (Wildman–Crippen MR) is 82.7 cm³/mol. The van der Waals surface area contributed by atoms with Crippen LogP contribution >= 0.6 is 0 Å². The Morgan fingerprint density at radius 1 is 1.17 bits per heavy atom. The maximum Gasteiger partial charge on any atom is 0.273 e. The Labute approximate surface area is 134 Å². The molecule has 0 aliphatic heterocycles. The quantitative estimate of drug-likeness (QED) is 0.642. The van der Waals surface area contributed by atoms with Gasteiger partial charge in [0.1, 0.15) is 17.3 Å². The maximum atomic E-state index is 13.7. The van der Waals surface area contributed by atoms with Crippen molar-refractivity contribution in [2.75, 3.05) is 5.32 Å². The van der Waals surface area contributed by atoms with Crippen LogP contribution in [-0.4, -0.2) is 26.9 Å². The van der Waals surface area contributed by atoms with Gasteiger partial charge in [0.25, 0.3) is 5.91 Å². The Balaban J connectivity index is 1.81. The van der Waals surface area contributed by atoms with Gasteiger partial charge in [0.05, 0.1) is 11.3 Å². The van der Waals surface area contributed by atoms with E-state index in [-0.39, 0.29) is 28.6 Å². The highest BCUT2D eigenvalue weighted by Crippen LogP contribution is 2.25. The molecule has 0 radical (unpaired) electrons. The molecule has 1 amide bonds.